The molecule has 0 radical (unpaired) electrons. The van der Waals surface area contributed by atoms with Gasteiger partial charge in [0.15, 0.2) is 5.47 Å². The second-order valence-electron chi connectivity index (χ2n) is 7.79. The lowest BCUT2D eigenvalue weighted by molar-refractivity contribution is -0.149. The second-order valence-corrected chi connectivity index (χ2v) is 8.88. The van der Waals surface area contributed by atoms with Crippen LogP contribution in [0.3, 0.4) is 0 Å². The standard InChI is InChI=1S/C23H32NO5P/c1-17(2)14-21(22(25)26)24-23(30-27,29-16-20-12-8-5-9-13-20)18(3)28-15-19-10-6-4-7-11-19/h4-13,17-18,21,24H,14-16,30H2,1-3H3,(H,25,26)/t18?,21?,23-/m0/s1. The van der Waals surface area contributed by atoms with E-state index < -0.39 is 32.0 Å². The molecular weight excluding hydrogens is 401 g/mol. The first-order chi connectivity index (χ1) is 14.4. The van der Waals surface area contributed by atoms with Crippen molar-refractivity contribution >= 4 is 14.4 Å². The van der Waals surface area contributed by atoms with Gasteiger partial charge in [-0.3, -0.25) is 10.1 Å². The van der Waals surface area contributed by atoms with Crippen LogP contribution in [0.1, 0.15) is 38.3 Å². The van der Waals surface area contributed by atoms with Crippen LogP contribution in [0.15, 0.2) is 60.7 Å². The van der Waals surface area contributed by atoms with E-state index in [0.29, 0.717) is 13.0 Å². The van der Waals surface area contributed by atoms with Crippen LogP contribution in [-0.2, 0) is 32.0 Å². The summed E-state index contributed by atoms with van der Waals surface area (Å²) < 4.78 is 24.6. The van der Waals surface area contributed by atoms with Crippen molar-refractivity contribution in [2.75, 3.05) is 0 Å². The Morgan fingerprint density at radius 3 is 2.00 bits per heavy atom. The third kappa shape index (κ3) is 7.37. The third-order valence-electron chi connectivity index (χ3n) is 4.85. The summed E-state index contributed by atoms with van der Waals surface area (Å²) in [5, 5.41) is 12.7. The highest BCUT2D eigenvalue weighted by atomic mass is 31.1. The molecule has 0 heterocycles. The molecule has 0 amide bonds. The Labute approximate surface area is 179 Å². The Morgan fingerprint density at radius 1 is 1.00 bits per heavy atom. The summed E-state index contributed by atoms with van der Waals surface area (Å²) in [7, 11) is -1.55. The summed E-state index contributed by atoms with van der Waals surface area (Å²) in [6.45, 7) is 6.16. The lowest BCUT2D eigenvalue weighted by Gasteiger charge is -2.38. The van der Waals surface area contributed by atoms with Crippen molar-refractivity contribution in [3.05, 3.63) is 71.8 Å². The molecule has 2 aromatic carbocycles. The number of nitrogens with one attached hydrogen (secondary N) is 1. The van der Waals surface area contributed by atoms with Crippen LogP contribution < -0.4 is 5.32 Å². The van der Waals surface area contributed by atoms with E-state index in [1.807, 2.05) is 74.5 Å². The van der Waals surface area contributed by atoms with Crippen molar-refractivity contribution in [3.63, 3.8) is 0 Å². The average Bonchev–Trinajstić information content (AvgIpc) is 2.75. The molecule has 164 valence electrons. The zero-order chi connectivity index (χ0) is 22.0. The molecule has 0 saturated carbocycles. The van der Waals surface area contributed by atoms with E-state index in [4.69, 9.17) is 9.47 Å². The number of hydrogen-bond donors (Lipinski definition) is 2. The zero-order valence-electron chi connectivity index (χ0n) is 17.8. The first-order valence-corrected chi connectivity index (χ1v) is 11.2. The lowest BCUT2D eigenvalue weighted by atomic mass is 10.0. The van der Waals surface area contributed by atoms with Crippen LogP contribution in [-0.4, -0.2) is 28.7 Å². The van der Waals surface area contributed by atoms with Crippen LogP contribution in [0.4, 0.5) is 0 Å². The number of aliphatic carboxylic acids is 1. The van der Waals surface area contributed by atoms with Crippen LogP contribution in [0.5, 0.6) is 0 Å². The second kappa shape index (κ2) is 12.0. The summed E-state index contributed by atoms with van der Waals surface area (Å²) in [6, 6.07) is 18.3. The van der Waals surface area contributed by atoms with Gasteiger partial charge >= 0.3 is 5.97 Å². The van der Waals surface area contributed by atoms with E-state index in [1.165, 1.54) is 0 Å². The summed E-state index contributed by atoms with van der Waals surface area (Å²) in [4.78, 5) is 11.9. The molecule has 2 rings (SSSR count). The van der Waals surface area contributed by atoms with Crippen molar-refractivity contribution in [1.29, 1.82) is 0 Å². The fourth-order valence-corrected chi connectivity index (χ4v) is 3.81. The maximum Gasteiger partial charge on any atom is 0.320 e. The predicted octanol–water partition coefficient (Wildman–Crippen LogP) is 4.31. The van der Waals surface area contributed by atoms with Gasteiger partial charge in [0, 0.05) is 0 Å². The predicted molar refractivity (Wildman–Crippen MR) is 119 cm³/mol. The Balaban J connectivity index is 2.22. The van der Waals surface area contributed by atoms with Crippen molar-refractivity contribution < 1.29 is 23.9 Å². The number of rotatable bonds is 13. The Morgan fingerprint density at radius 2 is 1.53 bits per heavy atom. The minimum atomic E-state index is -1.55. The van der Waals surface area contributed by atoms with Crippen LogP contribution in [0.2, 0.25) is 0 Å². The molecule has 2 aromatic rings. The Kier molecular flexibility index (Phi) is 9.73. The third-order valence-corrected chi connectivity index (χ3v) is 6.00. The van der Waals surface area contributed by atoms with Crippen LogP contribution in [0, 0.1) is 5.92 Å². The van der Waals surface area contributed by atoms with Gasteiger partial charge in [0.05, 0.1) is 13.2 Å². The highest BCUT2D eigenvalue weighted by Crippen LogP contribution is 2.31. The van der Waals surface area contributed by atoms with Crippen LogP contribution >= 0.6 is 8.46 Å². The van der Waals surface area contributed by atoms with Gasteiger partial charge in [-0.25, -0.2) is 0 Å². The first-order valence-electron chi connectivity index (χ1n) is 10.2. The molecule has 30 heavy (non-hydrogen) atoms. The van der Waals surface area contributed by atoms with Gasteiger partial charge in [-0.05, 0) is 30.4 Å². The Bertz CT molecular complexity index is 787. The molecule has 0 saturated heterocycles. The maximum atomic E-state index is 12.5. The molecule has 0 aliphatic carbocycles. The van der Waals surface area contributed by atoms with E-state index in [-0.39, 0.29) is 12.5 Å². The molecule has 3 unspecified atom stereocenters. The molecule has 2 N–H and O–H groups in total. The molecule has 0 fully saturated rings. The smallest absolute Gasteiger partial charge is 0.320 e. The molecule has 0 aliphatic rings. The van der Waals surface area contributed by atoms with E-state index in [0.717, 1.165) is 11.1 Å². The Hall–Kier alpha value is -1.98. The average molecular weight is 433 g/mol. The highest BCUT2D eigenvalue weighted by Gasteiger charge is 2.41. The van der Waals surface area contributed by atoms with E-state index >= 15 is 0 Å². The number of carbonyl (C=O) groups is 1. The van der Waals surface area contributed by atoms with Gasteiger partial charge < -0.3 is 19.1 Å². The molecule has 4 atom stereocenters. The van der Waals surface area contributed by atoms with Crippen molar-refractivity contribution in [2.24, 2.45) is 5.92 Å². The number of hydrogen-bond acceptors (Lipinski definition) is 5. The van der Waals surface area contributed by atoms with Gasteiger partial charge in [0.25, 0.3) is 0 Å². The topological polar surface area (TPSA) is 84.9 Å². The normalized spacial score (nSPS) is 15.9. The zero-order valence-corrected chi connectivity index (χ0v) is 18.9. The summed E-state index contributed by atoms with van der Waals surface area (Å²) in [6.07, 6.45) is -0.251. The van der Waals surface area contributed by atoms with Crippen molar-refractivity contribution in [3.8, 4) is 0 Å². The number of benzene rings is 2. The molecular formula is C23H32NO5P. The molecule has 0 aromatic heterocycles. The largest absolute Gasteiger partial charge is 0.480 e. The lowest BCUT2D eigenvalue weighted by Crippen LogP contribution is -2.58. The first kappa shape index (κ1) is 24.3. The molecule has 0 aliphatic heterocycles. The fraction of sp³-hybridized carbons (Fsp3) is 0.435. The molecule has 0 spiro atoms. The number of ether oxygens (including phenoxy) is 2. The van der Waals surface area contributed by atoms with E-state index in [1.54, 1.807) is 6.92 Å². The monoisotopic (exact) mass is 433 g/mol. The number of carboxylic acid groups (broad SMARTS) is 1. The van der Waals surface area contributed by atoms with Gasteiger partial charge in [-0.2, -0.15) is 0 Å². The maximum absolute atomic E-state index is 12.5. The minimum absolute atomic E-state index is 0.146. The van der Waals surface area contributed by atoms with Crippen LogP contribution in [0.25, 0.3) is 0 Å². The summed E-state index contributed by atoms with van der Waals surface area (Å²) in [5.74, 6) is -0.855. The molecule has 6 nitrogen and oxygen atoms in total. The van der Waals surface area contributed by atoms with Gasteiger partial charge in [-0.1, -0.05) is 74.5 Å². The van der Waals surface area contributed by atoms with Crippen molar-refractivity contribution in [2.45, 2.75) is 58.0 Å². The SMILES string of the molecule is CC(C)CC(N[C@@](OCc1ccccc1)([PH2]=O)C(C)OCc1ccccc1)C(=O)O. The highest BCUT2D eigenvalue weighted by molar-refractivity contribution is 7.25. The van der Waals surface area contributed by atoms with E-state index in [2.05, 4.69) is 5.32 Å². The van der Waals surface area contributed by atoms with Gasteiger partial charge in [0.1, 0.15) is 20.6 Å². The minimum Gasteiger partial charge on any atom is -0.480 e. The van der Waals surface area contributed by atoms with Gasteiger partial charge in [0.2, 0.25) is 0 Å². The van der Waals surface area contributed by atoms with Gasteiger partial charge in [-0.15, -0.1) is 0 Å². The number of carboxylic acids is 1. The molecule has 7 heteroatoms. The quantitative estimate of drug-likeness (QED) is 0.362. The van der Waals surface area contributed by atoms with E-state index in [9.17, 15) is 14.5 Å². The molecule has 0 bridgehead atoms. The summed E-state index contributed by atoms with van der Waals surface area (Å²) in [5.41, 5.74) is 0.476. The fourth-order valence-electron chi connectivity index (χ4n) is 3.10. The summed E-state index contributed by atoms with van der Waals surface area (Å²) >= 11 is 0. The van der Waals surface area contributed by atoms with Crippen molar-refractivity contribution in [1.82, 2.24) is 5.32 Å².